The minimum atomic E-state index is 1.22. The fourth-order valence-electron chi connectivity index (χ4n) is 2.81. The smallest absolute Gasteiger partial charge is 0.0181 e. The predicted octanol–water partition coefficient (Wildman–Crippen LogP) is 6.31. The Morgan fingerprint density at radius 2 is 1.05 bits per heavy atom. The standard InChI is InChI=1S/C20H28/c1-3-5-7-9-17-11-13-20-16-18(10-8-6-4-2)12-14-19(20)15-17/h11-16H,3-10H2,1-2H3. The molecule has 0 aliphatic carbocycles. The molecule has 0 radical (unpaired) electrons. The van der Waals surface area contributed by atoms with E-state index in [0.29, 0.717) is 0 Å². The van der Waals surface area contributed by atoms with Gasteiger partial charge in [0.25, 0.3) is 0 Å². The SMILES string of the molecule is CCCCCc1ccc2cc(CCCCC)ccc2c1. The summed E-state index contributed by atoms with van der Waals surface area (Å²) in [5.74, 6) is 0. The molecule has 20 heavy (non-hydrogen) atoms. The first-order valence-corrected chi connectivity index (χ1v) is 8.35. The second-order valence-electron chi connectivity index (χ2n) is 5.93. The molecule has 0 N–H and O–H groups in total. The zero-order chi connectivity index (χ0) is 14.2. The van der Waals surface area contributed by atoms with Crippen LogP contribution < -0.4 is 0 Å². The molecule has 2 aromatic rings. The minimum Gasteiger partial charge on any atom is -0.0654 e. The molecule has 0 heterocycles. The third-order valence-electron chi connectivity index (χ3n) is 4.11. The van der Waals surface area contributed by atoms with Crippen molar-refractivity contribution < 1.29 is 0 Å². The molecule has 0 spiro atoms. The first-order chi connectivity index (χ1) is 9.83. The second-order valence-corrected chi connectivity index (χ2v) is 5.93. The van der Waals surface area contributed by atoms with Gasteiger partial charge in [-0.15, -0.1) is 0 Å². The minimum absolute atomic E-state index is 1.22. The van der Waals surface area contributed by atoms with Gasteiger partial charge in [0.1, 0.15) is 0 Å². The molecular formula is C20H28. The van der Waals surface area contributed by atoms with Crippen molar-refractivity contribution in [2.75, 3.05) is 0 Å². The normalized spacial score (nSPS) is 11.1. The molecule has 0 amide bonds. The summed E-state index contributed by atoms with van der Waals surface area (Å²) in [6.07, 6.45) is 10.4. The van der Waals surface area contributed by atoms with Gasteiger partial charge in [-0.1, -0.05) is 75.9 Å². The van der Waals surface area contributed by atoms with Crippen LogP contribution in [-0.2, 0) is 12.8 Å². The Labute approximate surface area is 124 Å². The van der Waals surface area contributed by atoms with Crippen molar-refractivity contribution in [3.63, 3.8) is 0 Å². The molecule has 0 saturated heterocycles. The number of hydrogen-bond acceptors (Lipinski definition) is 0. The van der Waals surface area contributed by atoms with Crippen molar-refractivity contribution in [2.24, 2.45) is 0 Å². The maximum atomic E-state index is 2.38. The van der Waals surface area contributed by atoms with Crippen LogP contribution in [0.2, 0.25) is 0 Å². The predicted molar refractivity (Wildman–Crippen MR) is 90.4 cm³/mol. The number of hydrogen-bond donors (Lipinski definition) is 0. The van der Waals surface area contributed by atoms with Gasteiger partial charge >= 0.3 is 0 Å². The van der Waals surface area contributed by atoms with E-state index >= 15 is 0 Å². The van der Waals surface area contributed by atoms with Gasteiger partial charge in [0.05, 0.1) is 0 Å². The lowest BCUT2D eigenvalue weighted by Gasteiger charge is -2.06. The Morgan fingerprint density at radius 3 is 1.45 bits per heavy atom. The topological polar surface area (TPSA) is 0 Å². The van der Waals surface area contributed by atoms with Crippen molar-refractivity contribution in [3.8, 4) is 0 Å². The van der Waals surface area contributed by atoms with Crippen LogP contribution >= 0.6 is 0 Å². The van der Waals surface area contributed by atoms with Gasteiger partial charge in [-0.2, -0.15) is 0 Å². The highest BCUT2D eigenvalue weighted by atomic mass is 14.0. The highest BCUT2D eigenvalue weighted by molar-refractivity contribution is 5.83. The number of benzene rings is 2. The van der Waals surface area contributed by atoms with Gasteiger partial charge in [-0.05, 0) is 47.6 Å². The lowest BCUT2D eigenvalue weighted by atomic mass is 9.99. The molecule has 0 unspecified atom stereocenters. The van der Waals surface area contributed by atoms with E-state index in [2.05, 4.69) is 50.2 Å². The third kappa shape index (κ3) is 4.37. The van der Waals surface area contributed by atoms with Crippen molar-refractivity contribution in [3.05, 3.63) is 47.5 Å². The van der Waals surface area contributed by atoms with Gasteiger partial charge in [0.2, 0.25) is 0 Å². The van der Waals surface area contributed by atoms with E-state index in [1.165, 1.54) is 73.3 Å². The Kier molecular flexibility index (Phi) is 6.11. The average molecular weight is 268 g/mol. The summed E-state index contributed by atoms with van der Waals surface area (Å²) in [5.41, 5.74) is 2.98. The van der Waals surface area contributed by atoms with Gasteiger partial charge < -0.3 is 0 Å². The number of unbranched alkanes of at least 4 members (excludes halogenated alkanes) is 4. The van der Waals surface area contributed by atoms with Gasteiger partial charge in [-0.25, -0.2) is 0 Å². The number of aryl methyl sites for hydroxylation is 2. The van der Waals surface area contributed by atoms with E-state index in [-0.39, 0.29) is 0 Å². The Balaban J connectivity index is 2.04. The molecule has 108 valence electrons. The maximum Gasteiger partial charge on any atom is -0.0181 e. The highest BCUT2D eigenvalue weighted by Gasteiger charge is 1.99. The Morgan fingerprint density at radius 1 is 0.600 bits per heavy atom. The third-order valence-corrected chi connectivity index (χ3v) is 4.11. The van der Waals surface area contributed by atoms with Gasteiger partial charge in [-0.3, -0.25) is 0 Å². The highest BCUT2D eigenvalue weighted by Crippen LogP contribution is 2.20. The zero-order valence-corrected chi connectivity index (χ0v) is 13.1. The van der Waals surface area contributed by atoms with E-state index in [1.807, 2.05) is 0 Å². The number of rotatable bonds is 8. The molecule has 0 atom stereocenters. The summed E-state index contributed by atoms with van der Waals surface area (Å²) >= 11 is 0. The van der Waals surface area contributed by atoms with Gasteiger partial charge in [0, 0.05) is 0 Å². The van der Waals surface area contributed by atoms with Crippen LogP contribution in [0.25, 0.3) is 10.8 Å². The lowest BCUT2D eigenvalue weighted by molar-refractivity contribution is 0.717. The molecule has 0 aliphatic heterocycles. The Hall–Kier alpha value is -1.30. The quantitative estimate of drug-likeness (QED) is 0.492. The van der Waals surface area contributed by atoms with E-state index in [9.17, 15) is 0 Å². The van der Waals surface area contributed by atoms with Crippen molar-refractivity contribution in [1.29, 1.82) is 0 Å². The number of fused-ring (bicyclic) bond motifs is 1. The zero-order valence-electron chi connectivity index (χ0n) is 13.1. The van der Waals surface area contributed by atoms with Crippen LogP contribution in [0.15, 0.2) is 36.4 Å². The molecule has 0 aliphatic rings. The molecule has 0 bridgehead atoms. The van der Waals surface area contributed by atoms with Gasteiger partial charge in [0.15, 0.2) is 0 Å². The van der Waals surface area contributed by atoms with E-state index in [1.54, 1.807) is 0 Å². The summed E-state index contributed by atoms with van der Waals surface area (Å²) in [6.45, 7) is 4.53. The average Bonchev–Trinajstić information content (AvgIpc) is 2.48. The van der Waals surface area contributed by atoms with Crippen LogP contribution in [0, 0.1) is 0 Å². The summed E-state index contributed by atoms with van der Waals surface area (Å²) < 4.78 is 0. The summed E-state index contributed by atoms with van der Waals surface area (Å²) in [5, 5.41) is 2.80. The summed E-state index contributed by atoms with van der Waals surface area (Å²) in [6, 6.07) is 14.0. The lowest BCUT2D eigenvalue weighted by Crippen LogP contribution is -1.88. The molecule has 0 saturated carbocycles. The van der Waals surface area contributed by atoms with Crippen molar-refractivity contribution in [1.82, 2.24) is 0 Å². The van der Waals surface area contributed by atoms with Crippen LogP contribution in [-0.4, -0.2) is 0 Å². The van der Waals surface area contributed by atoms with E-state index in [0.717, 1.165) is 0 Å². The van der Waals surface area contributed by atoms with E-state index in [4.69, 9.17) is 0 Å². The molecule has 0 fully saturated rings. The Bertz CT molecular complexity index is 475. The van der Waals surface area contributed by atoms with Crippen molar-refractivity contribution >= 4 is 10.8 Å². The van der Waals surface area contributed by atoms with Crippen LogP contribution in [0.3, 0.4) is 0 Å². The summed E-state index contributed by atoms with van der Waals surface area (Å²) in [4.78, 5) is 0. The monoisotopic (exact) mass is 268 g/mol. The largest absolute Gasteiger partial charge is 0.0654 e. The molecule has 2 aromatic carbocycles. The first kappa shape index (κ1) is 15.1. The van der Waals surface area contributed by atoms with Crippen LogP contribution in [0.5, 0.6) is 0 Å². The molecule has 0 heteroatoms. The fourth-order valence-corrected chi connectivity index (χ4v) is 2.81. The molecule has 2 rings (SSSR count). The van der Waals surface area contributed by atoms with Crippen LogP contribution in [0.1, 0.15) is 63.5 Å². The van der Waals surface area contributed by atoms with Crippen LogP contribution in [0.4, 0.5) is 0 Å². The summed E-state index contributed by atoms with van der Waals surface area (Å²) in [7, 11) is 0. The molecular weight excluding hydrogens is 240 g/mol. The maximum absolute atomic E-state index is 2.38. The van der Waals surface area contributed by atoms with E-state index < -0.39 is 0 Å². The second kappa shape index (κ2) is 8.09. The van der Waals surface area contributed by atoms with Crippen molar-refractivity contribution in [2.45, 2.75) is 65.2 Å². The fraction of sp³-hybridized carbons (Fsp3) is 0.500. The molecule has 0 nitrogen and oxygen atoms in total. The molecule has 0 aromatic heterocycles. The first-order valence-electron chi connectivity index (χ1n) is 8.35.